The molecule has 2 aromatic carbocycles. The van der Waals surface area contributed by atoms with Gasteiger partial charge in [0.2, 0.25) is 0 Å². The number of fused-ring (bicyclic) bond motifs is 1. The zero-order chi connectivity index (χ0) is 19.3. The molecule has 144 valence electrons. The molecule has 0 saturated carbocycles. The van der Waals surface area contributed by atoms with Crippen LogP contribution in [0.15, 0.2) is 59.4 Å². The summed E-state index contributed by atoms with van der Waals surface area (Å²) in [6, 6.07) is 17.7. The van der Waals surface area contributed by atoms with E-state index in [1.807, 2.05) is 0 Å². The third-order valence-electron chi connectivity index (χ3n) is 5.48. The number of H-pyrrole nitrogens is 1. The van der Waals surface area contributed by atoms with Crippen molar-refractivity contribution in [2.75, 3.05) is 26.2 Å². The number of aromatic nitrogens is 2. The van der Waals surface area contributed by atoms with Gasteiger partial charge in [-0.25, -0.2) is 5.10 Å². The van der Waals surface area contributed by atoms with Gasteiger partial charge in [-0.05, 0) is 43.5 Å². The molecule has 1 aliphatic rings. The molecule has 4 rings (SSSR count). The van der Waals surface area contributed by atoms with Gasteiger partial charge < -0.3 is 10.2 Å². The molecule has 0 atom stereocenters. The van der Waals surface area contributed by atoms with Crippen molar-refractivity contribution in [1.82, 2.24) is 20.4 Å². The maximum Gasteiger partial charge on any atom is 0.272 e. The van der Waals surface area contributed by atoms with Crippen LogP contribution in [0, 0.1) is 0 Å². The molecule has 1 saturated heterocycles. The number of benzene rings is 2. The van der Waals surface area contributed by atoms with Gasteiger partial charge in [0.05, 0.1) is 5.39 Å². The fraction of sp³-hybridized carbons (Fsp3) is 0.318. The first-order valence-electron chi connectivity index (χ1n) is 9.75. The zero-order valence-corrected chi connectivity index (χ0v) is 15.7. The lowest BCUT2D eigenvalue weighted by Crippen LogP contribution is -2.39. The number of nitrogens with zero attached hydrogens (tertiary/aromatic N) is 2. The quantitative estimate of drug-likeness (QED) is 0.717. The summed E-state index contributed by atoms with van der Waals surface area (Å²) in [6.45, 7) is 3.45. The number of nitrogens with one attached hydrogen (secondary N) is 2. The van der Waals surface area contributed by atoms with Gasteiger partial charge in [-0.3, -0.25) is 9.59 Å². The Labute approximate surface area is 163 Å². The van der Waals surface area contributed by atoms with Crippen LogP contribution >= 0.6 is 0 Å². The normalized spacial score (nSPS) is 15.6. The predicted molar refractivity (Wildman–Crippen MR) is 110 cm³/mol. The molecular weight excluding hydrogens is 352 g/mol. The molecule has 0 unspecified atom stereocenters. The minimum atomic E-state index is -0.284. The fourth-order valence-corrected chi connectivity index (χ4v) is 3.91. The van der Waals surface area contributed by atoms with Crippen molar-refractivity contribution >= 4 is 16.7 Å². The number of likely N-dealkylation sites (tertiary alicyclic amines) is 1. The molecule has 1 aliphatic heterocycles. The van der Waals surface area contributed by atoms with Crippen molar-refractivity contribution in [3.05, 3.63) is 76.2 Å². The van der Waals surface area contributed by atoms with Crippen LogP contribution in [0.2, 0.25) is 0 Å². The lowest BCUT2D eigenvalue weighted by atomic mass is 9.89. The third-order valence-corrected chi connectivity index (χ3v) is 5.48. The molecule has 3 aromatic rings. The molecule has 28 heavy (non-hydrogen) atoms. The van der Waals surface area contributed by atoms with Gasteiger partial charge in [-0.2, -0.15) is 5.10 Å². The van der Waals surface area contributed by atoms with E-state index in [1.165, 1.54) is 5.56 Å². The Morgan fingerprint density at radius 2 is 1.71 bits per heavy atom. The molecule has 6 nitrogen and oxygen atoms in total. The van der Waals surface area contributed by atoms with Crippen molar-refractivity contribution in [3.63, 3.8) is 0 Å². The molecular formula is C22H24N4O2. The van der Waals surface area contributed by atoms with Gasteiger partial charge >= 0.3 is 0 Å². The zero-order valence-electron chi connectivity index (χ0n) is 15.7. The molecule has 0 aliphatic carbocycles. The number of amides is 1. The van der Waals surface area contributed by atoms with Crippen molar-refractivity contribution in [3.8, 4) is 0 Å². The van der Waals surface area contributed by atoms with E-state index in [4.69, 9.17) is 0 Å². The van der Waals surface area contributed by atoms with E-state index < -0.39 is 0 Å². The maximum atomic E-state index is 12.5. The van der Waals surface area contributed by atoms with Gasteiger partial charge in [0, 0.05) is 18.5 Å². The summed E-state index contributed by atoms with van der Waals surface area (Å²) in [5.41, 5.74) is 1.40. The summed E-state index contributed by atoms with van der Waals surface area (Å²) in [7, 11) is 0. The molecule has 2 heterocycles. The summed E-state index contributed by atoms with van der Waals surface area (Å²) < 4.78 is 0. The standard InChI is InChI=1S/C22H24N4O2/c27-21-19-9-5-4-8-18(19)20(24-25-21)22(28)23-12-15-26-13-10-17(11-14-26)16-6-2-1-3-7-16/h1-9,17H,10-15H2,(H,23,28)(H,25,27). The highest BCUT2D eigenvalue weighted by Gasteiger charge is 2.20. The largest absolute Gasteiger partial charge is 0.349 e. The summed E-state index contributed by atoms with van der Waals surface area (Å²) in [4.78, 5) is 26.8. The first-order chi connectivity index (χ1) is 13.7. The average molecular weight is 376 g/mol. The number of hydrogen-bond acceptors (Lipinski definition) is 4. The number of rotatable bonds is 5. The number of hydrogen-bond donors (Lipinski definition) is 2. The van der Waals surface area contributed by atoms with E-state index in [-0.39, 0.29) is 17.2 Å². The Balaban J connectivity index is 1.30. The second-order valence-corrected chi connectivity index (χ2v) is 7.23. The Hall–Kier alpha value is -2.99. The van der Waals surface area contributed by atoms with Crippen molar-refractivity contribution in [2.45, 2.75) is 18.8 Å². The van der Waals surface area contributed by atoms with E-state index in [0.717, 1.165) is 32.5 Å². The number of piperidine rings is 1. The maximum absolute atomic E-state index is 12.5. The van der Waals surface area contributed by atoms with Gasteiger partial charge in [-0.1, -0.05) is 48.5 Å². The summed E-state index contributed by atoms with van der Waals surface area (Å²) in [5.74, 6) is 0.371. The molecule has 6 heteroatoms. The lowest BCUT2D eigenvalue weighted by molar-refractivity contribution is 0.0941. The van der Waals surface area contributed by atoms with Crippen LogP contribution in [0.4, 0.5) is 0 Å². The van der Waals surface area contributed by atoms with E-state index in [0.29, 0.717) is 23.2 Å². The monoisotopic (exact) mass is 376 g/mol. The van der Waals surface area contributed by atoms with E-state index in [1.54, 1.807) is 24.3 Å². The summed E-state index contributed by atoms with van der Waals surface area (Å²) in [5, 5.41) is 10.3. The highest BCUT2D eigenvalue weighted by molar-refractivity contribution is 6.04. The SMILES string of the molecule is O=C(NCCN1CCC(c2ccccc2)CC1)c1n[nH]c(=O)c2ccccc12. The van der Waals surface area contributed by atoms with Crippen molar-refractivity contribution in [2.24, 2.45) is 0 Å². The van der Waals surface area contributed by atoms with Crippen LogP contribution in [-0.4, -0.2) is 47.2 Å². The van der Waals surface area contributed by atoms with Crippen LogP contribution in [0.5, 0.6) is 0 Å². The lowest BCUT2D eigenvalue weighted by Gasteiger charge is -2.32. The Morgan fingerprint density at radius 3 is 2.46 bits per heavy atom. The highest BCUT2D eigenvalue weighted by Crippen LogP contribution is 2.27. The first kappa shape index (κ1) is 18.4. The van der Waals surface area contributed by atoms with Crippen LogP contribution < -0.4 is 10.9 Å². The minimum absolute atomic E-state index is 0.258. The summed E-state index contributed by atoms with van der Waals surface area (Å²) in [6.07, 6.45) is 2.29. The summed E-state index contributed by atoms with van der Waals surface area (Å²) >= 11 is 0. The average Bonchev–Trinajstić information content (AvgIpc) is 2.75. The molecule has 0 radical (unpaired) electrons. The third kappa shape index (κ3) is 3.97. The Bertz CT molecular complexity index is 1010. The van der Waals surface area contributed by atoms with Gasteiger partial charge in [0.25, 0.3) is 11.5 Å². The number of carbonyl (C=O) groups is 1. The van der Waals surface area contributed by atoms with Crippen molar-refractivity contribution < 1.29 is 4.79 Å². The van der Waals surface area contributed by atoms with Crippen LogP contribution in [0.3, 0.4) is 0 Å². The van der Waals surface area contributed by atoms with Crippen LogP contribution in [-0.2, 0) is 0 Å². The molecule has 1 aromatic heterocycles. The molecule has 2 N–H and O–H groups in total. The molecule has 1 fully saturated rings. The van der Waals surface area contributed by atoms with Gasteiger partial charge in [0.15, 0.2) is 5.69 Å². The molecule has 1 amide bonds. The van der Waals surface area contributed by atoms with Crippen molar-refractivity contribution in [1.29, 1.82) is 0 Å². The van der Waals surface area contributed by atoms with Crippen LogP contribution in [0.25, 0.3) is 10.8 Å². The van der Waals surface area contributed by atoms with Gasteiger partial charge in [0.1, 0.15) is 0 Å². The molecule has 0 bridgehead atoms. The number of carbonyl (C=O) groups excluding carboxylic acids is 1. The highest BCUT2D eigenvalue weighted by atomic mass is 16.2. The van der Waals surface area contributed by atoms with E-state index >= 15 is 0 Å². The molecule has 0 spiro atoms. The predicted octanol–water partition coefficient (Wildman–Crippen LogP) is 2.53. The fourth-order valence-electron chi connectivity index (χ4n) is 3.91. The van der Waals surface area contributed by atoms with E-state index in [2.05, 4.69) is 50.7 Å². The Morgan fingerprint density at radius 1 is 1.04 bits per heavy atom. The van der Waals surface area contributed by atoms with Crippen LogP contribution in [0.1, 0.15) is 34.8 Å². The van der Waals surface area contributed by atoms with E-state index in [9.17, 15) is 9.59 Å². The minimum Gasteiger partial charge on any atom is -0.349 e. The van der Waals surface area contributed by atoms with Gasteiger partial charge in [-0.15, -0.1) is 0 Å². The topological polar surface area (TPSA) is 78.1 Å². The second kappa shape index (κ2) is 8.35. The number of aromatic amines is 1. The second-order valence-electron chi connectivity index (χ2n) is 7.23. The first-order valence-corrected chi connectivity index (χ1v) is 9.75. The smallest absolute Gasteiger partial charge is 0.272 e. The Kier molecular flexibility index (Phi) is 5.48.